The highest BCUT2D eigenvalue weighted by molar-refractivity contribution is 6.32. The molecule has 23 heavy (non-hydrogen) atoms. The van der Waals surface area contributed by atoms with Gasteiger partial charge in [0.2, 0.25) is 11.8 Å². The fourth-order valence-electron chi connectivity index (χ4n) is 2.95. The van der Waals surface area contributed by atoms with Crippen molar-refractivity contribution in [1.82, 2.24) is 4.90 Å². The summed E-state index contributed by atoms with van der Waals surface area (Å²) in [5.74, 6) is -2.04. The van der Waals surface area contributed by atoms with Crippen molar-refractivity contribution in [3.63, 3.8) is 0 Å². The van der Waals surface area contributed by atoms with Gasteiger partial charge in [0.25, 0.3) is 0 Å². The molecular formula is C16H18ClNO5. The quantitative estimate of drug-likeness (QED) is 0.605. The van der Waals surface area contributed by atoms with Crippen LogP contribution in [0.5, 0.6) is 0 Å². The van der Waals surface area contributed by atoms with Gasteiger partial charge in [-0.25, -0.2) is 0 Å². The van der Waals surface area contributed by atoms with E-state index in [0.29, 0.717) is 18.6 Å². The van der Waals surface area contributed by atoms with E-state index < -0.39 is 23.7 Å². The minimum Gasteiger partial charge on any atom is -0.481 e. The molecule has 1 fully saturated rings. The lowest BCUT2D eigenvalue weighted by molar-refractivity contribution is -0.145. The lowest BCUT2D eigenvalue weighted by Crippen LogP contribution is -2.40. The van der Waals surface area contributed by atoms with Crippen LogP contribution in [0.15, 0.2) is 24.3 Å². The third-order valence-electron chi connectivity index (χ3n) is 3.98. The number of carboxylic acids is 1. The molecule has 0 unspecified atom stereocenters. The van der Waals surface area contributed by atoms with Crippen molar-refractivity contribution in [2.24, 2.45) is 0 Å². The Bertz CT molecular complexity index is 633. The van der Waals surface area contributed by atoms with Crippen LogP contribution in [0.25, 0.3) is 0 Å². The Morgan fingerprint density at radius 2 is 2.09 bits per heavy atom. The highest BCUT2D eigenvalue weighted by Gasteiger charge is 2.54. The molecule has 6 nitrogen and oxygen atoms in total. The smallest absolute Gasteiger partial charge is 0.304 e. The van der Waals surface area contributed by atoms with E-state index in [-0.39, 0.29) is 23.9 Å². The molecule has 124 valence electrons. The third kappa shape index (κ3) is 3.38. The number of imide groups is 1. The molecule has 1 saturated heterocycles. The van der Waals surface area contributed by atoms with Crippen LogP contribution >= 0.6 is 11.6 Å². The van der Waals surface area contributed by atoms with E-state index in [2.05, 4.69) is 0 Å². The van der Waals surface area contributed by atoms with Crippen LogP contribution in [0.1, 0.15) is 24.8 Å². The van der Waals surface area contributed by atoms with Crippen LogP contribution in [0.4, 0.5) is 0 Å². The molecule has 1 aromatic carbocycles. The van der Waals surface area contributed by atoms with Crippen molar-refractivity contribution in [1.29, 1.82) is 0 Å². The molecule has 0 saturated carbocycles. The van der Waals surface area contributed by atoms with E-state index in [1.54, 1.807) is 24.3 Å². The first-order chi connectivity index (χ1) is 10.9. The van der Waals surface area contributed by atoms with Gasteiger partial charge >= 0.3 is 5.97 Å². The van der Waals surface area contributed by atoms with Gasteiger partial charge in [0, 0.05) is 31.7 Å². The average Bonchev–Trinajstić information content (AvgIpc) is 2.72. The number of amides is 2. The maximum Gasteiger partial charge on any atom is 0.304 e. The Hall–Kier alpha value is -1.92. The predicted octanol–water partition coefficient (Wildman–Crippen LogP) is 1.85. The van der Waals surface area contributed by atoms with Crippen LogP contribution in [0, 0.1) is 0 Å². The molecule has 0 spiro atoms. The zero-order valence-electron chi connectivity index (χ0n) is 12.8. The normalized spacial score (nSPS) is 21.0. The summed E-state index contributed by atoms with van der Waals surface area (Å²) in [6.45, 7) is 0.617. The maximum atomic E-state index is 12.9. The van der Waals surface area contributed by atoms with Gasteiger partial charge in [0.05, 0.1) is 11.8 Å². The molecule has 1 N–H and O–H groups in total. The number of likely N-dealkylation sites (tertiary alicyclic amines) is 1. The first-order valence-corrected chi connectivity index (χ1v) is 7.60. The van der Waals surface area contributed by atoms with E-state index in [1.807, 2.05) is 0 Å². The van der Waals surface area contributed by atoms with E-state index >= 15 is 0 Å². The summed E-state index contributed by atoms with van der Waals surface area (Å²) in [6.07, 6.45) is -0.156. The number of aliphatic carboxylic acids is 1. The number of ether oxygens (including phenoxy) is 1. The zero-order chi connectivity index (χ0) is 17.0. The molecule has 7 heteroatoms. The number of halogens is 1. The Kier molecular flexibility index (Phi) is 5.38. The third-order valence-corrected chi connectivity index (χ3v) is 4.31. The second-order valence-corrected chi connectivity index (χ2v) is 5.91. The van der Waals surface area contributed by atoms with Gasteiger partial charge in [-0.3, -0.25) is 19.3 Å². The van der Waals surface area contributed by atoms with Crippen molar-refractivity contribution in [3.8, 4) is 0 Å². The average molecular weight is 340 g/mol. The van der Waals surface area contributed by atoms with Crippen molar-refractivity contribution in [2.45, 2.75) is 24.7 Å². The van der Waals surface area contributed by atoms with Crippen LogP contribution in [0.2, 0.25) is 5.02 Å². The molecule has 0 aromatic heterocycles. The van der Waals surface area contributed by atoms with E-state index in [1.165, 1.54) is 7.11 Å². The van der Waals surface area contributed by atoms with E-state index in [0.717, 1.165) is 4.90 Å². The fourth-order valence-corrected chi connectivity index (χ4v) is 3.26. The molecule has 2 amide bonds. The lowest BCUT2D eigenvalue weighted by atomic mass is 9.76. The maximum absolute atomic E-state index is 12.9. The Labute approximate surface area is 139 Å². The fraction of sp³-hybridized carbons (Fsp3) is 0.438. The molecule has 0 bridgehead atoms. The number of carbonyl (C=O) groups is 3. The first-order valence-electron chi connectivity index (χ1n) is 7.23. The van der Waals surface area contributed by atoms with Crippen molar-refractivity contribution < 1.29 is 24.2 Å². The molecule has 1 heterocycles. The van der Waals surface area contributed by atoms with E-state index in [4.69, 9.17) is 16.3 Å². The summed E-state index contributed by atoms with van der Waals surface area (Å²) in [5.41, 5.74) is -1.05. The van der Waals surface area contributed by atoms with Crippen LogP contribution < -0.4 is 0 Å². The van der Waals surface area contributed by atoms with Gasteiger partial charge in [-0.05, 0) is 18.1 Å². The molecule has 1 atom stereocenters. The minimum atomic E-state index is -1.44. The number of methoxy groups -OCH3 is 1. The topological polar surface area (TPSA) is 83.9 Å². The van der Waals surface area contributed by atoms with Gasteiger partial charge in [0.1, 0.15) is 0 Å². The zero-order valence-corrected chi connectivity index (χ0v) is 13.5. The lowest BCUT2D eigenvalue weighted by Gasteiger charge is -2.26. The Morgan fingerprint density at radius 1 is 1.39 bits per heavy atom. The van der Waals surface area contributed by atoms with Gasteiger partial charge in [-0.15, -0.1) is 0 Å². The number of benzene rings is 1. The van der Waals surface area contributed by atoms with Crippen LogP contribution in [-0.4, -0.2) is 48.1 Å². The van der Waals surface area contributed by atoms with Crippen molar-refractivity contribution >= 4 is 29.4 Å². The Balaban J connectivity index is 2.40. The monoisotopic (exact) mass is 339 g/mol. The van der Waals surface area contributed by atoms with Gasteiger partial charge in [0.15, 0.2) is 0 Å². The van der Waals surface area contributed by atoms with Gasteiger partial charge in [-0.1, -0.05) is 29.8 Å². The number of nitrogens with zero attached hydrogens (tertiary/aromatic N) is 1. The number of hydrogen-bond donors (Lipinski definition) is 1. The van der Waals surface area contributed by atoms with E-state index in [9.17, 15) is 19.5 Å². The second-order valence-electron chi connectivity index (χ2n) is 5.51. The molecule has 1 aromatic rings. The molecular weight excluding hydrogens is 322 g/mol. The SMILES string of the molecule is COCCCN1C(=O)C[C@@](CC(=O)O)(c2ccccc2Cl)C1=O. The largest absolute Gasteiger partial charge is 0.481 e. The molecule has 0 radical (unpaired) electrons. The summed E-state index contributed by atoms with van der Waals surface area (Å²) >= 11 is 6.17. The highest BCUT2D eigenvalue weighted by Crippen LogP contribution is 2.42. The summed E-state index contributed by atoms with van der Waals surface area (Å²) in [4.78, 5) is 37.6. The van der Waals surface area contributed by atoms with Crippen LogP contribution in [0.3, 0.4) is 0 Å². The second kappa shape index (κ2) is 7.10. The summed E-state index contributed by atoms with van der Waals surface area (Å²) in [5, 5.41) is 9.54. The van der Waals surface area contributed by atoms with Gasteiger partial charge < -0.3 is 9.84 Å². The molecule has 1 aliphatic heterocycles. The number of rotatable bonds is 7. The molecule has 1 aliphatic rings. The Morgan fingerprint density at radius 3 is 2.70 bits per heavy atom. The van der Waals surface area contributed by atoms with Crippen LogP contribution in [-0.2, 0) is 24.5 Å². The predicted molar refractivity (Wildman–Crippen MR) is 83.2 cm³/mol. The summed E-state index contributed by atoms with van der Waals surface area (Å²) in [6, 6.07) is 6.56. The van der Waals surface area contributed by atoms with Crippen molar-refractivity contribution in [2.75, 3.05) is 20.3 Å². The first kappa shape index (κ1) is 17.4. The number of carbonyl (C=O) groups excluding carboxylic acids is 2. The molecule has 0 aliphatic carbocycles. The van der Waals surface area contributed by atoms with Crippen molar-refractivity contribution in [3.05, 3.63) is 34.9 Å². The standard InChI is InChI=1S/C16H18ClNO5/c1-23-8-4-7-18-13(19)9-16(15(18)22,10-14(20)21)11-5-2-3-6-12(11)17/h2-3,5-6H,4,7-10H2,1H3,(H,20,21)/t16-/m1/s1. The number of carboxylic acid groups (broad SMARTS) is 1. The number of hydrogen-bond acceptors (Lipinski definition) is 4. The molecule has 2 rings (SSSR count). The summed E-state index contributed by atoms with van der Waals surface area (Å²) in [7, 11) is 1.53. The minimum absolute atomic E-state index is 0.186. The summed E-state index contributed by atoms with van der Waals surface area (Å²) < 4.78 is 4.93. The van der Waals surface area contributed by atoms with Gasteiger partial charge in [-0.2, -0.15) is 0 Å². The highest BCUT2D eigenvalue weighted by atomic mass is 35.5.